The molecule has 2 heterocycles. The van der Waals surface area contributed by atoms with E-state index in [2.05, 4.69) is 31.2 Å². The van der Waals surface area contributed by atoms with Gasteiger partial charge in [-0.25, -0.2) is 0 Å². The first-order valence-electron chi connectivity index (χ1n) is 13.5. The maximum absolute atomic E-state index is 6.93. The third-order valence-electron chi connectivity index (χ3n) is 8.17. The van der Waals surface area contributed by atoms with E-state index in [0.29, 0.717) is 19.6 Å². The Bertz CT molecular complexity index is 1060. The van der Waals surface area contributed by atoms with E-state index < -0.39 is 11.4 Å². The molecule has 2 aliphatic heterocycles. The maximum Gasteiger partial charge on any atom is 0.200 e. The van der Waals surface area contributed by atoms with Gasteiger partial charge in [-0.2, -0.15) is 0 Å². The van der Waals surface area contributed by atoms with Crippen molar-refractivity contribution in [1.29, 1.82) is 0 Å². The third kappa shape index (κ3) is 5.17. The van der Waals surface area contributed by atoms with E-state index in [-0.39, 0.29) is 24.4 Å². The van der Waals surface area contributed by atoms with Gasteiger partial charge in [-0.05, 0) is 68.0 Å². The van der Waals surface area contributed by atoms with Crippen molar-refractivity contribution in [3.05, 3.63) is 64.2 Å². The van der Waals surface area contributed by atoms with Gasteiger partial charge in [-0.1, -0.05) is 42.3 Å². The van der Waals surface area contributed by atoms with Gasteiger partial charge in [-0.3, -0.25) is 0 Å². The Morgan fingerprint density at radius 2 is 1.81 bits per heavy atom. The molecule has 7 heteroatoms. The topological polar surface area (TPSA) is 55.4 Å². The Morgan fingerprint density at radius 3 is 2.54 bits per heavy atom. The summed E-state index contributed by atoms with van der Waals surface area (Å²) in [7, 11) is 3.43. The van der Waals surface area contributed by atoms with E-state index in [9.17, 15) is 0 Å². The summed E-state index contributed by atoms with van der Waals surface area (Å²) in [5.74, 6) is 0.0690. The van der Waals surface area contributed by atoms with Crippen LogP contribution in [0.3, 0.4) is 0 Å². The molecule has 3 fully saturated rings. The largest absolute Gasteiger partial charge is 0.494 e. The Hall–Kier alpha value is -1.67. The molecule has 6 unspecified atom stereocenters. The average Bonchev–Trinajstić information content (AvgIpc) is 2.90. The molecule has 0 radical (unpaired) electrons. The molecule has 37 heavy (non-hydrogen) atoms. The monoisotopic (exact) mass is 530 g/mol. The molecule has 0 spiro atoms. The van der Waals surface area contributed by atoms with Gasteiger partial charge < -0.3 is 28.4 Å². The fraction of sp³-hybridized carbons (Fsp3) is 0.600. The molecule has 0 aromatic heterocycles. The van der Waals surface area contributed by atoms with Crippen molar-refractivity contribution in [2.75, 3.05) is 27.4 Å². The summed E-state index contributed by atoms with van der Waals surface area (Å²) in [6.45, 7) is 5.15. The van der Waals surface area contributed by atoms with E-state index in [1.165, 1.54) is 5.56 Å². The van der Waals surface area contributed by atoms with E-state index in [0.717, 1.165) is 54.0 Å². The van der Waals surface area contributed by atoms with Crippen molar-refractivity contribution in [3.8, 4) is 5.75 Å². The highest BCUT2D eigenvalue weighted by Gasteiger charge is 2.63. The van der Waals surface area contributed by atoms with Crippen LogP contribution in [0.1, 0.15) is 68.7 Å². The van der Waals surface area contributed by atoms with Crippen molar-refractivity contribution >= 4 is 11.6 Å². The summed E-state index contributed by atoms with van der Waals surface area (Å²) in [5, 5.41) is 0.753. The van der Waals surface area contributed by atoms with Crippen LogP contribution in [0, 0.1) is 0 Å². The lowest BCUT2D eigenvalue weighted by Gasteiger charge is -2.60. The van der Waals surface area contributed by atoms with Gasteiger partial charge in [0.25, 0.3) is 0 Å². The van der Waals surface area contributed by atoms with Gasteiger partial charge in [0.1, 0.15) is 17.5 Å². The molecule has 3 aliphatic rings. The summed E-state index contributed by atoms with van der Waals surface area (Å²) in [4.78, 5) is 0. The first-order valence-corrected chi connectivity index (χ1v) is 13.9. The molecule has 0 N–H and O–H groups in total. The normalized spacial score (nSPS) is 33.4. The number of methoxy groups -OCH3 is 2. The highest BCUT2D eigenvalue weighted by molar-refractivity contribution is 6.31. The van der Waals surface area contributed by atoms with E-state index in [1.807, 2.05) is 25.1 Å². The van der Waals surface area contributed by atoms with E-state index >= 15 is 0 Å². The number of hydrogen-bond donors (Lipinski definition) is 0. The first kappa shape index (κ1) is 26.9. The van der Waals surface area contributed by atoms with Crippen molar-refractivity contribution in [1.82, 2.24) is 0 Å². The Labute approximate surface area is 225 Å². The molecule has 1 saturated carbocycles. The molecule has 2 aromatic rings. The lowest BCUT2D eigenvalue weighted by molar-refractivity contribution is -0.432. The molecular weight excluding hydrogens is 492 g/mol. The van der Waals surface area contributed by atoms with Crippen LogP contribution >= 0.6 is 11.6 Å². The molecule has 1 aliphatic carbocycles. The molecule has 2 aromatic carbocycles. The van der Waals surface area contributed by atoms with Gasteiger partial charge in [0.2, 0.25) is 0 Å². The summed E-state index contributed by atoms with van der Waals surface area (Å²) in [6, 6.07) is 14.4. The van der Waals surface area contributed by atoms with Gasteiger partial charge in [0.15, 0.2) is 5.79 Å². The van der Waals surface area contributed by atoms with E-state index in [1.54, 1.807) is 14.2 Å². The number of rotatable bonds is 8. The van der Waals surface area contributed by atoms with Crippen LogP contribution in [-0.4, -0.2) is 57.1 Å². The summed E-state index contributed by atoms with van der Waals surface area (Å²) in [5.41, 5.74) is 2.74. The van der Waals surface area contributed by atoms with Crippen LogP contribution in [0.2, 0.25) is 5.02 Å². The second-order valence-corrected chi connectivity index (χ2v) is 10.9. The zero-order valence-corrected chi connectivity index (χ0v) is 23.1. The maximum atomic E-state index is 6.93. The average molecular weight is 531 g/mol. The number of fused-ring (bicyclic) bond motifs is 2. The standard InChI is InChI=1S/C30H39ClO6/c1-5-34-24-11-8-21(9-12-24)16-23-17-22(10-13-25(23)31)26-18-27-28(20(2)35-26)37-30(33-4)15-7-6-14-29(30,36-27)19-32-3/h8-13,17,20,26-28H,5-7,14-16,18-19H2,1-4H3. The minimum atomic E-state index is -0.807. The first-order chi connectivity index (χ1) is 17.9. The van der Waals surface area contributed by atoms with Crippen molar-refractivity contribution in [2.45, 2.75) is 88.2 Å². The molecule has 0 bridgehead atoms. The Morgan fingerprint density at radius 1 is 1.03 bits per heavy atom. The van der Waals surface area contributed by atoms with Crippen LogP contribution in [0.25, 0.3) is 0 Å². The minimum absolute atomic E-state index is 0.115. The van der Waals surface area contributed by atoms with Gasteiger partial charge in [0, 0.05) is 32.1 Å². The minimum Gasteiger partial charge on any atom is -0.494 e. The molecule has 6 atom stereocenters. The molecule has 2 saturated heterocycles. The predicted molar refractivity (Wildman–Crippen MR) is 142 cm³/mol. The lowest BCUT2D eigenvalue weighted by atomic mass is 9.76. The lowest BCUT2D eigenvalue weighted by Crippen LogP contribution is -2.72. The van der Waals surface area contributed by atoms with Crippen molar-refractivity contribution in [3.63, 3.8) is 0 Å². The number of halogens is 1. The predicted octanol–water partition coefficient (Wildman–Crippen LogP) is 6.27. The fourth-order valence-electron chi connectivity index (χ4n) is 6.36. The SMILES string of the molecule is CCOc1ccc(Cc2cc(C3CC4OC5(COC)CCCCC5(OC)OC4C(C)O3)ccc2Cl)cc1. The number of hydrogen-bond acceptors (Lipinski definition) is 6. The van der Waals surface area contributed by atoms with Crippen molar-refractivity contribution < 1.29 is 28.4 Å². The summed E-state index contributed by atoms with van der Waals surface area (Å²) < 4.78 is 37.5. The highest BCUT2D eigenvalue weighted by atomic mass is 35.5. The Kier molecular flexibility index (Phi) is 8.15. The number of ether oxygens (including phenoxy) is 6. The zero-order chi connectivity index (χ0) is 26.0. The van der Waals surface area contributed by atoms with Gasteiger partial charge in [0.05, 0.1) is 31.5 Å². The Balaban J connectivity index is 1.36. The summed E-state index contributed by atoms with van der Waals surface area (Å²) >= 11 is 6.63. The third-order valence-corrected chi connectivity index (χ3v) is 8.53. The zero-order valence-electron chi connectivity index (χ0n) is 22.3. The smallest absolute Gasteiger partial charge is 0.200 e. The van der Waals surface area contributed by atoms with Gasteiger partial charge in [-0.15, -0.1) is 0 Å². The molecule has 6 nitrogen and oxygen atoms in total. The van der Waals surface area contributed by atoms with Crippen LogP contribution in [-0.2, 0) is 30.1 Å². The van der Waals surface area contributed by atoms with Crippen LogP contribution in [0.4, 0.5) is 0 Å². The molecule has 0 amide bonds. The second-order valence-electron chi connectivity index (χ2n) is 10.5. The number of benzene rings is 2. The molecule has 202 valence electrons. The van der Waals surface area contributed by atoms with Crippen molar-refractivity contribution in [2.24, 2.45) is 0 Å². The highest BCUT2D eigenvalue weighted by Crippen LogP contribution is 2.52. The quantitative estimate of drug-likeness (QED) is 0.401. The molecular formula is C30H39ClO6. The van der Waals surface area contributed by atoms with Crippen LogP contribution in [0.5, 0.6) is 5.75 Å². The molecule has 5 rings (SSSR count). The second kappa shape index (κ2) is 11.2. The fourth-order valence-corrected chi connectivity index (χ4v) is 6.54. The van der Waals surface area contributed by atoms with Gasteiger partial charge >= 0.3 is 0 Å². The summed E-state index contributed by atoms with van der Waals surface area (Å²) in [6.07, 6.45) is 4.60. The van der Waals surface area contributed by atoms with Crippen LogP contribution < -0.4 is 4.74 Å². The van der Waals surface area contributed by atoms with Crippen LogP contribution in [0.15, 0.2) is 42.5 Å². The van der Waals surface area contributed by atoms with E-state index in [4.69, 9.17) is 40.0 Å².